The molecule has 0 fully saturated rings. The SMILES string of the molecule is CCc1cccc(NS(=O)(=O)c2ccc(C(C)=O)cc2)n1. The second-order valence-electron chi connectivity index (χ2n) is 4.55. The number of aryl methyl sites for hydroxylation is 1. The van der Waals surface area contributed by atoms with Gasteiger partial charge in [0.1, 0.15) is 5.82 Å². The predicted molar refractivity (Wildman–Crippen MR) is 80.9 cm³/mol. The van der Waals surface area contributed by atoms with Gasteiger partial charge in [-0.15, -0.1) is 0 Å². The van der Waals surface area contributed by atoms with Crippen LogP contribution in [0.5, 0.6) is 0 Å². The van der Waals surface area contributed by atoms with Gasteiger partial charge in [0.05, 0.1) is 4.90 Å². The van der Waals surface area contributed by atoms with Crippen LogP contribution in [0.3, 0.4) is 0 Å². The van der Waals surface area contributed by atoms with Crippen molar-refractivity contribution in [2.24, 2.45) is 0 Å². The van der Waals surface area contributed by atoms with Crippen LogP contribution >= 0.6 is 0 Å². The highest BCUT2D eigenvalue weighted by atomic mass is 32.2. The van der Waals surface area contributed by atoms with Gasteiger partial charge in [-0.3, -0.25) is 9.52 Å². The second kappa shape index (κ2) is 6.05. The van der Waals surface area contributed by atoms with Crippen LogP contribution in [0.15, 0.2) is 47.4 Å². The number of hydrogen-bond acceptors (Lipinski definition) is 4. The van der Waals surface area contributed by atoms with Crippen molar-refractivity contribution in [2.75, 3.05) is 4.72 Å². The molecule has 6 heteroatoms. The number of carbonyl (C=O) groups excluding carboxylic acids is 1. The maximum absolute atomic E-state index is 12.2. The van der Waals surface area contributed by atoms with Crippen molar-refractivity contribution < 1.29 is 13.2 Å². The number of Topliss-reactive ketones (excluding diaryl/α,β-unsaturated/α-hetero) is 1. The van der Waals surface area contributed by atoms with Gasteiger partial charge in [-0.2, -0.15) is 0 Å². The van der Waals surface area contributed by atoms with Crippen LogP contribution in [-0.4, -0.2) is 19.2 Å². The fraction of sp³-hybridized carbons (Fsp3) is 0.200. The number of nitrogens with zero attached hydrogens (tertiary/aromatic N) is 1. The molecule has 21 heavy (non-hydrogen) atoms. The molecule has 0 radical (unpaired) electrons. The van der Waals surface area contributed by atoms with E-state index in [1.807, 2.05) is 13.0 Å². The number of pyridine rings is 1. The number of benzene rings is 1. The van der Waals surface area contributed by atoms with Crippen LogP contribution in [-0.2, 0) is 16.4 Å². The second-order valence-corrected chi connectivity index (χ2v) is 6.24. The van der Waals surface area contributed by atoms with E-state index in [1.54, 1.807) is 12.1 Å². The molecule has 0 aliphatic rings. The molecule has 0 bridgehead atoms. The Morgan fingerprint density at radius 3 is 2.38 bits per heavy atom. The van der Waals surface area contributed by atoms with Crippen LogP contribution in [0, 0.1) is 0 Å². The van der Waals surface area contributed by atoms with Crippen molar-refractivity contribution in [3.8, 4) is 0 Å². The van der Waals surface area contributed by atoms with Crippen molar-refractivity contribution in [1.82, 2.24) is 4.98 Å². The Morgan fingerprint density at radius 2 is 1.81 bits per heavy atom. The molecular formula is C15H16N2O3S. The average molecular weight is 304 g/mol. The van der Waals surface area contributed by atoms with Crippen LogP contribution in [0.2, 0.25) is 0 Å². The summed E-state index contributed by atoms with van der Waals surface area (Å²) in [5.74, 6) is 0.175. The summed E-state index contributed by atoms with van der Waals surface area (Å²) in [7, 11) is -3.70. The third kappa shape index (κ3) is 3.66. The van der Waals surface area contributed by atoms with Gasteiger partial charge in [0.2, 0.25) is 0 Å². The Morgan fingerprint density at radius 1 is 1.14 bits per heavy atom. The van der Waals surface area contributed by atoms with Crippen LogP contribution in [0.4, 0.5) is 5.82 Å². The summed E-state index contributed by atoms with van der Waals surface area (Å²) in [6, 6.07) is 11.0. The number of rotatable bonds is 5. The lowest BCUT2D eigenvalue weighted by Gasteiger charge is -2.08. The lowest BCUT2D eigenvalue weighted by Crippen LogP contribution is -2.14. The van der Waals surface area contributed by atoms with Gasteiger partial charge in [-0.05, 0) is 37.6 Å². The van der Waals surface area contributed by atoms with Gasteiger partial charge >= 0.3 is 0 Å². The highest BCUT2D eigenvalue weighted by molar-refractivity contribution is 7.92. The zero-order valence-corrected chi connectivity index (χ0v) is 12.6. The number of ketones is 1. The third-order valence-electron chi connectivity index (χ3n) is 2.98. The third-order valence-corrected chi connectivity index (χ3v) is 4.35. The zero-order valence-electron chi connectivity index (χ0n) is 11.8. The molecule has 1 aromatic heterocycles. The normalized spacial score (nSPS) is 11.1. The van der Waals surface area contributed by atoms with Gasteiger partial charge in [-0.25, -0.2) is 13.4 Å². The molecule has 2 rings (SSSR count). The molecule has 0 aliphatic heterocycles. The van der Waals surface area contributed by atoms with E-state index < -0.39 is 10.0 Å². The topological polar surface area (TPSA) is 76.1 Å². The van der Waals surface area contributed by atoms with E-state index in [-0.39, 0.29) is 16.5 Å². The highest BCUT2D eigenvalue weighted by Gasteiger charge is 2.15. The molecule has 1 aromatic carbocycles. The molecular weight excluding hydrogens is 288 g/mol. The standard InChI is InChI=1S/C15H16N2O3S/c1-3-13-5-4-6-15(16-13)17-21(19,20)14-9-7-12(8-10-14)11(2)18/h4-10H,3H2,1-2H3,(H,16,17). The largest absolute Gasteiger partial charge is 0.295 e. The molecule has 0 spiro atoms. The van der Waals surface area contributed by atoms with Crippen LogP contribution < -0.4 is 4.72 Å². The first kappa shape index (κ1) is 15.2. The quantitative estimate of drug-likeness (QED) is 0.862. The fourth-order valence-electron chi connectivity index (χ4n) is 1.80. The highest BCUT2D eigenvalue weighted by Crippen LogP contribution is 2.16. The Bertz CT molecular complexity index is 753. The Labute approximate surface area is 124 Å². The van der Waals surface area contributed by atoms with Gasteiger partial charge in [0.15, 0.2) is 5.78 Å². The summed E-state index contributed by atoms with van der Waals surface area (Å²) in [6.07, 6.45) is 0.725. The number of anilines is 1. The van der Waals surface area contributed by atoms with Crippen molar-refractivity contribution in [2.45, 2.75) is 25.2 Å². The molecule has 2 aromatic rings. The molecule has 0 atom stereocenters. The summed E-state index contributed by atoms with van der Waals surface area (Å²) in [5.41, 5.74) is 1.28. The summed E-state index contributed by atoms with van der Waals surface area (Å²) in [5, 5.41) is 0. The lowest BCUT2D eigenvalue weighted by molar-refractivity contribution is 0.101. The van der Waals surface area contributed by atoms with Gasteiger partial charge in [-0.1, -0.05) is 25.1 Å². The molecule has 0 unspecified atom stereocenters. The number of aromatic nitrogens is 1. The first-order valence-corrected chi connectivity index (χ1v) is 8.00. The van der Waals surface area contributed by atoms with Crippen LogP contribution in [0.25, 0.3) is 0 Å². The van der Waals surface area contributed by atoms with E-state index in [4.69, 9.17) is 0 Å². The maximum atomic E-state index is 12.2. The average Bonchev–Trinajstić information content (AvgIpc) is 2.47. The molecule has 0 aliphatic carbocycles. The number of carbonyl (C=O) groups is 1. The minimum Gasteiger partial charge on any atom is -0.295 e. The van der Waals surface area contributed by atoms with Gasteiger partial charge in [0.25, 0.3) is 10.0 Å². The minimum atomic E-state index is -3.70. The molecule has 1 heterocycles. The van der Waals surface area contributed by atoms with Crippen molar-refractivity contribution >= 4 is 21.6 Å². The van der Waals surface area contributed by atoms with E-state index in [1.165, 1.54) is 31.2 Å². The first-order chi connectivity index (χ1) is 9.92. The summed E-state index contributed by atoms with van der Waals surface area (Å²) in [6.45, 7) is 3.38. The Hall–Kier alpha value is -2.21. The van der Waals surface area contributed by atoms with Crippen molar-refractivity contribution in [3.63, 3.8) is 0 Å². The Balaban J connectivity index is 2.27. The van der Waals surface area contributed by atoms with E-state index in [0.717, 1.165) is 12.1 Å². The minimum absolute atomic E-state index is 0.0937. The molecule has 5 nitrogen and oxygen atoms in total. The van der Waals surface area contributed by atoms with Crippen molar-refractivity contribution in [3.05, 3.63) is 53.7 Å². The summed E-state index contributed by atoms with van der Waals surface area (Å²) < 4.78 is 26.9. The smallest absolute Gasteiger partial charge is 0.263 e. The molecule has 0 amide bonds. The number of nitrogens with one attached hydrogen (secondary N) is 1. The Kier molecular flexibility index (Phi) is 4.37. The lowest BCUT2D eigenvalue weighted by atomic mass is 10.2. The summed E-state index contributed by atoms with van der Waals surface area (Å²) >= 11 is 0. The van der Waals surface area contributed by atoms with E-state index >= 15 is 0 Å². The van der Waals surface area contributed by atoms with Gasteiger partial charge in [0, 0.05) is 11.3 Å². The molecule has 0 saturated heterocycles. The molecule has 0 saturated carbocycles. The molecule has 110 valence electrons. The number of sulfonamides is 1. The first-order valence-electron chi connectivity index (χ1n) is 6.52. The van der Waals surface area contributed by atoms with E-state index in [0.29, 0.717) is 5.56 Å². The molecule has 1 N–H and O–H groups in total. The van der Waals surface area contributed by atoms with Gasteiger partial charge < -0.3 is 0 Å². The van der Waals surface area contributed by atoms with E-state index in [2.05, 4.69) is 9.71 Å². The summed E-state index contributed by atoms with van der Waals surface area (Å²) in [4.78, 5) is 15.5. The fourth-order valence-corrected chi connectivity index (χ4v) is 2.80. The van der Waals surface area contributed by atoms with Crippen molar-refractivity contribution in [1.29, 1.82) is 0 Å². The van der Waals surface area contributed by atoms with Crippen LogP contribution in [0.1, 0.15) is 29.9 Å². The predicted octanol–water partition coefficient (Wildman–Crippen LogP) is 2.65. The monoisotopic (exact) mass is 304 g/mol. The maximum Gasteiger partial charge on any atom is 0.263 e. The zero-order chi connectivity index (χ0) is 15.5. The van der Waals surface area contributed by atoms with E-state index in [9.17, 15) is 13.2 Å². The number of hydrogen-bond donors (Lipinski definition) is 1.